The molecule has 3 aromatic rings. The number of carboxylic acid groups (broad SMARTS) is 1. The van der Waals surface area contributed by atoms with Crippen molar-refractivity contribution in [2.24, 2.45) is 0 Å². The number of hydrogen-bond donors (Lipinski definition) is 3. The molecule has 3 rings (SSSR count). The minimum atomic E-state index is -0.859. The summed E-state index contributed by atoms with van der Waals surface area (Å²) in [7, 11) is 0. The maximum Gasteiger partial charge on any atom is 0.317 e. The van der Waals surface area contributed by atoms with Crippen LogP contribution in [-0.4, -0.2) is 49.0 Å². The summed E-state index contributed by atoms with van der Waals surface area (Å²) >= 11 is 0. The Kier molecular flexibility index (Phi) is 4.57. The molecule has 3 N–H and O–H groups in total. The molecule has 0 saturated carbocycles. The maximum atomic E-state index is 10.7. The van der Waals surface area contributed by atoms with Crippen LogP contribution in [0.25, 0.3) is 16.8 Å². The zero-order valence-corrected chi connectivity index (χ0v) is 13.7. The lowest BCUT2D eigenvalue weighted by molar-refractivity contribution is -0.135. The molecule has 1 atom stereocenters. The van der Waals surface area contributed by atoms with Crippen LogP contribution in [-0.2, 0) is 4.79 Å². The third kappa shape index (κ3) is 3.13. The summed E-state index contributed by atoms with van der Waals surface area (Å²) in [6, 6.07) is 2.01. The highest BCUT2D eigenvalue weighted by Crippen LogP contribution is 2.25. The number of aliphatic carboxylic acids is 1. The molecule has 0 aliphatic carbocycles. The molecule has 0 fully saturated rings. The lowest BCUT2D eigenvalue weighted by Gasteiger charge is -2.16. The van der Waals surface area contributed by atoms with E-state index in [9.17, 15) is 4.79 Å². The van der Waals surface area contributed by atoms with E-state index in [-0.39, 0.29) is 12.5 Å². The Morgan fingerprint density at radius 2 is 2.29 bits per heavy atom. The number of hydrogen-bond acceptors (Lipinski definition) is 5. The summed E-state index contributed by atoms with van der Waals surface area (Å²) in [4.78, 5) is 15.5. The van der Waals surface area contributed by atoms with Gasteiger partial charge in [0, 0.05) is 41.2 Å². The van der Waals surface area contributed by atoms with Crippen molar-refractivity contribution in [1.29, 1.82) is 0 Å². The quantitative estimate of drug-likeness (QED) is 0.608. The first-order chi connectivity index (χ1) is 11.6. The van der Waals surface area contributed by atoms with Crippen LogP contribution in [0.4, 0.5) is 0 Å². The SMILES string of the molecule is CCC(CNCC(=O)O)c1cc(C)n2ncc(-c3cn[nH]c3)c2n1. The van der Waals surface area contributed by atoms with E-state index in [4.69, 9.17) is 10.1 Å². The number of aromatic nitrogens is 5. The summed E-state index contributed by atoms with van der Waals surface area (Å²) in [5.41, 5.74) is 4.56. The highest BCUT2D eigenvalue weighted by Gasteiger charge is 2.17. The summed E-state index contributed by atoms with van der Waals surface area (Å²) < 4.78 is 1.81. The number of fused-ring (bicyclic) bond motifs is 1. The van der Waals surface area contributed by atoms with Crippen molar-refractivity contribution in [2.75, 3.05) is 13.1 Å². The molecule has 0 spiro atoms. The minimum absolute atomic E-state index is 0.0509. The van der Waals surface area contributed by atoms with Gasteiger partial charge in [0.15, 0.2) is 5.65 Å². The monoisotopic (exact) mass is 328 g/mol. The van der Waals surface area contributed by atoms with Crippen LogP contribution >= 0.6 is 0 Å². The predicted octanol–water partition coefficient (Wildman–Crippen LogP) is 1.60. The van der Waals surface area contributed by atoms with Crippen molar-refractivity contribution in [2.45, 2.75) is 26.2 Å². The molecule has 0 aliphatic heterocycles. The molecule has 0 amide bonds. The van der Waals surface area contributed by atoms with Gasteiger partial charge in [0.05, 0.1) is 18.9 Å². The third-order valence-corrected chi connectivity index (χ3v) is 4.06. The molecule has 0 aromatic carbocycles. The molecule has 0 bridgehead atoms. The van der Waals surface area contributed by atoms with Crippen LogP contribution in [0.15, 0.2) is 24.7 Å². The standard InChI is InChI=1S/C16H20N6O2/c1-3-11(5-17-9-15(23)24)14-4-10(2)22-16(21-14)13(8-20-22)12-6-18-19-7-12/h4,6-8,11,17H,3,5,9H2,1-2H3,(H,18,19)(H,23,24). The number of H-pyrrole nitrogens is 1. The van der Waals surface area contributed by atoms with Crippen LogP contribution in [0.3, 0.4) is 0 Å². The molecule has 1 unspecified atom stereocenters. The highest BCUT2D eigenvalue weighted by atomic mass is 16.4. The van der Waals surface area contributed by atoms with E-state index in [1.165, 1.54) is 0 Å². The van der Waals surface area contributed by atoms with Gasteiger partial charge >= 0.3 is 5.97 Å². The maximum absolute atomic E-state index is 10.7. The first-order valence-corrected chi connectivity index (χ1v) is 7.87. The van der Waals surface area contributed by atoms with E-state index >= 15 is 0 Å². The Balaban J connectivity index is 1.96. The number of rotatable bonds is 7. The van der Waals surface area contributed by atoms with Crippen LogP contribution < -0.4 is 5.32 Å². The normalized spacial score (nSPS) is 12.6. The average Bonchev–Trinajstić information content (AvgIpc) is 3.20. The summed E-state index contributed by atoms with van der Waals surface area (Å²) in [5.74, 6) is -0.720. The first kappa shape index (κ1) is 16.1. The van der Waals surface area contributed by atoms with Gasteiger partial charge in [0.1, 0.15) is 0 Å². The third-order valence-electron chi connectivity index (χ3n) is 4.06. The highest BCUT2D eigenvalue weighted by molar-refractivity contribution is 5.76. The van der Waals surface area contributed by atoms with Crippen molar-refractivity contribution in [1.82, 2.24) is 30.1 Å². The van der Waals surface area contributed by atoms with Gasteiger partial charge in [-0.3, -0.25) is 9.89 Å². The van der Waals surface area contributed by atoms with Gasteiger partial charge in [-0.2, -0.15) is 10.2 Å². The van der Waals surface area contributed by atoms with Gasteiger partial charge < -0.3 is 10.4 Å². The Morgan fingerprint density at radius 1 is 1.46 bits per heavy atom. The van der Waals surface area contributed by atoms with E-state index in [1.807, 2.05) is 23.7 Å². The topological polar surface area (TPSA) is 108 Å². The average molecular weight is 328 g/mol. The van der Waals surface area contributed by atoms with Crippen LogP contribution in [0.5, 0.6) is 0 Å². The van der Waals surface area contributed by atoms with Gasteiger partial charge in [0.2, 0.25) is 0 Å². The van der Waals surface area contributed by atoms with Crippen molar-refractivity contribution in [3.8, 4) is 11.1 Å². The number of nitrogens with zero attached hydrogens (tertiary/aromatic N) is 4. The largest absolute Gasteiger partial charge is 0.480 e. The van der Waals surface area contributed by atoms with Crippen molar-refractivity contribution >= 4 is 11.6 Å². The van der Waals surface area contributed by atoms with Gasteiger partial charge in [-0.25, -0.2) is 9.50 Å². The molecule has 0 aliphatic rings. The fourth-order valence-corrected chi connectivity index (χ4v) is 2.76. The van der Waals surface area contributed by atoms with Gasteiger partial charge in [-0.1, -0.05) is 6.92 Å². The van der Waals surface area contributed by atoms with Crippen molar-refractivity contribution in [3.05, 3.63) is 36.0 Å². The Labute approximate surface area is 138 Å². The summed E-state index contributed by atoms with van der Waals surface area (Å²) in [6.07, 6.45) is 6.21. The zero-order valence-electron chi connectivity index (χ0n) is 13.7. The molecule has 3 aromatic heterocycles. The Morgan fingerprint density at radius 3 is 2.96 bits per heavy atom. The minimum Gasteiger partial charge on any atom is -0.480 e. The molecule has 8 heteroatoms. The lowest BCUT2D eigenvalue weighted by Crippen LogP contribution is -2.27. The van der Waals surface area contributed by atoms with E-state index in [1.54, 1.807) is 12.4 Å². The zero-order chi connectivity index (χ0) is 17.1. The van der Waals surface area contributed by atoms with E-state index < -0.39 is 5.97 Å². The molecular formula is C16H20N6O2. The van der Waals surface area contributed by atoms with Crippen LogP contribution in [0.1, 0.15) is 30.7 Å². The van der Waals surface area contributed by atoms with E-state index in [2.05, 4.69) is 27.5 Å². The fraction of sp³-hybridized carbons (Fsp3) is 0.375. The Bertz CT molecular complexity index is 840. The second-order valence-corrected chi connectivity index (χ2v) is 5.73. The number of carbonyl (C=O) groups is 1. The molecule has 24 heavy (non-hydrogen) atoms. The number of aromatic amines is 1. The molecule has 126 valence electrons. The first-order valence-electron chi connectivity index (χ1n) is 7.87. The van der Waals surface area contributed by atoms with E-state index in [0.717, 1.165) is 34.6 Å². The molecule has 8 nitrogen and oxygen atoms in total. The summed E-state index contributed by atoms with van der Waals surface area (Å²) in [6.45, 7) is 4.58. The van der Waals surface area contributed by atoms with Crippen LogP contribution in [0, 0.1) is 6.92 Å². The van der Waals surface area contributed by atoms with E-state index in [0.29, 0.717) is 6.54 Å². The van der Waals surface area contributed by atoms with Crippen LogP contribution in [0.2, 0.25) is 0 Å². The number of nitrogens with one attached hydrogen (secondary N) is 2. The van der Waals surface area contributed by atoms with Gasteiger partial charge in [0.25, 0.3) is 0 Å². The summed E-state index contributed by atoms with van der Waals surface area (Å²) in [5, 5.41) is 22.9. The number of carboxylic acids is 1. The van der Waals surface area contributed by atoms with Gasteiger partial charge in [-0.05, 0) is 19.4 Å². The smallest absolute Gasteiger partial charge is 0.317 e. The predicted molar refractivity (Wildman–Crippen MR) is 88.8 cm³/mol. The second kappa shape index (κ2) is 6.79. The fourth-order valence-electron chi connectivity index (χ4n) is 2.76. The molecular weight excluding hydrogens is 308 g/mol. The van der Waals surface area contributed by atoms with Crippen molar-refractivity contribution < 1.29 is 9.90 Å². The molecule has 0 saturated heterocycles. The second-order valence-electron chi connectivity index (χ2n) is 5.73. The molecule has 3 heterocycles. The lowest BCUT2D eigenvalue weighted by atomic mass is 10.0. The van der Waals surface area contributed by atoms with Crippen molar-refractivity contribution in [3.63, 3.8) is 0 Å². The number of aryl methyl sites for hydroxylation is 1. The molecule has 0 radical (unpaired) electrons. The van der Waals surface area contributed by atoms with Gasteiger partial charge in [-0.15, -0.1) is 0 Å². The Hall–Kier alpha value is -2.74.